The molecule has 4 rings (SSSR count). The summed E-state index contributed by atoms with van der Waals surface area (Å²) in [5.41, 5.74) is 3.02. The van der Waals surface area contributed by atoms with E-state index in [9.17, 15) is 9.59 Å². The topological polar surface area (TPSA) is 95.4 Å². The van der Waals surface area contributed by atoms with Crippen molar-refractivity contribution in [1.29, 1.82) is 0 Å². The number of aromatic nitrogens is 4. The number of rotatable bonds is 6. The first-order valence-corrected chi connectivity index (χ1v) is 9.07. The van der Waals surface area contributed by atoms with Crippen LogP contribution in [0.4, 0.5) is 0 Å². The molecule has 3 aromatic heterocycles. The summed E-state index contributed by atoms with van der Waals surface area (Å²) in [4.78, 5) is 35.1. The van der Waals surface area contributed by atoms with Gasteiger partial charge < -0.3 is 5.32 Å². The molecule has 0 spiro atoms. The van der Waals surface area contributed by atoms with Gasteiger partial charge in [-0.15, -0.1) is 0 Å². The predicted molar refractivity (Wildman–Crippen MR) is 100 cm³/mol. The number of hydrogen-bond acceptors (Lipinski definition) is 5. The van der Waals surface area contributed by atoms with E-state index in [0.29, 0.717) is 37.4 Å². The monoisotopic (exact) mass is 366 g/mol. The number of carbonyl (C=O) groups is 1. The molecule has 0 saturated carbocycles. The smallest absolute Gasteiger partial charge is 0.272 e. The molecule has 1 aliphatic rings. The third kappa shape index (κ3) is 4.06. The van der Waals surface area contributed by atoms with Crippen molar-refractivity contribution in [2.75, 3.05) is 6.54 Å². The molecule has 0 aliphatic carbocycles. The van der Waals surface area contributed by atoms with Gasteiger partial charge in [-0.25, -0.2) is 9.50 Å². The minimum atomic E-state index is -0.130. The van der Waals surface area contributed by atoms with Crippen LogP contribution in [0.2, 0.25) is 0 Å². The van der Waals surface area contributed by atoms with E-state index >= 15 is 0 Å². The van der Waals surface area contributed by atoms with Crippen molar-refractivity contribution >= 4 is 11.6 Å². The molecule has 8 nitrogen and oxygen atoms in total. The normalized spacial score (nSPS) is 17.0. The lowest BCUT2D eigenvalue weighted by Crippen LogP contribution is -2.38. The molecule has 8 heteroatoms. The summed E-state index contributed by atoms with van der Waals surface area (Å²) in [6.07, 6.45) is 3.16. The Labute approximate surface area is 156 Å². The van der Waals surface area contributed by atoms with Crippen molar-refractivity contribution in [3.05, 3.63) is 64.0 Å². The Morgan fingerprint density at radius 1 is 1.22 bits per heavy atom. The average Bonchev–Trinajstić information content (AvgIpc) is 3.21. The van der Waals surface area contributed by atoms with Gasteiger partial charge >= 0.3 is 0 Å². The Hall–Kier alpha value is -3.00. The van der Waals surface area contributed by atoms with Gasteiger partial charge in [0.1, 0.15) is 0 Å². The lowest BCUT2D eigenvalue weighted by atomic mass is 10.2. The number of amides is 1. The summed E-state index contributed by atoms with van der Waals surface area (Å²) >= 11 is 0. The number of fused-ring (bicyclic) bond motifs is 1. The highest BCUT2D eigenvalue weighted by Crippen LogP contribution is 2.13. The maximum Gasteiger partial charge on any atom is 0.272 e. The molecule has 2 N–H and O–H groups in total. The second-order valence-electron chi connectivity index (χ2n) is 7.01. The van der Waals surface area contributed by atoms with Crippen molar-refractivity contribution in [2.45, 2.75) is 38.9 Å². The number of H-pyrrole nitrogens is 1. The lowest BCUT2D eigenvalue weighted by Gasteiger charge is -2.24. The van der Waals surface area contributed by atoms with Gasteiger partial charge in [0.05, 0.1) is 11.4 Å². The second-order valence-corrected chi connectivity index (χ2v) is 7.01. The average molecular weight is 366 g/mol. The van der Waals surface area contributed by atoms with Crippen LogP contribution in [-0.2, 0) is 17.9 Å². The van der Waals surface area contributed by atoms with Gasteiger partial charge in [0, 0.05) is 56.1 Å². The number of pyridine rings is 1. The molecule has 3 aromatic rings. The van der Waals surface area contributed by atoms with E-state index in [1.165, 1.54) is 4.52 Å². The standard InChI is InChI=1S/C19H22N6O2/c1-13-8-17-21-16(9-19(27)25(17)23-13)12-24(10-14-4-2-3-7-20-14)11-15-5-6-18(26)22-15/h2-4,7-9,15,23H,5-6,10-12H2,1H3,(H,22,26)/t15-/m0/s1. The number of carbonyl (C=O) groups excluding carboxylic acids is 1. The van der Waals surface area contributed by atoms with E-state index in [4.69, 9.17) is 0 Å². The Balaban J connectivity index is 1.57. The highest BCUT2D eigenvalue weighted by atomic mass is 16.2. The summed E-state index contributed by atoms with van der Waals surface area (Å²) < 4.78 is 1.44. The summed E-state index contributed by atoms with van der Waals surface area (Å²) in [7, 11) is 0. The zero-order valence-corrected chi connectivity index (χ0v) is 15.2. The van der Waals surface area contributed by atoms with Crippen molar-refractivity contribution in [3.63, 3.8) is 0 Å². The van der Waals surface area contributed by atoms with Crippen LogP contribution in [0.15, 0.2) is 41.3 Å². The number of nitrogens with one attached hydrogen (secondary N) is 2. The SMILES string of the molecule is Cc1cc2nc(CN(Cc3ccccn3)C[C@@H]3CCC(=O)N3)cc(=O)n2[nH]1. The first-order valence-electron chi connectivity index (χ1n) is 9.07. The van der Waals surface area contributed by atoms with E-state index in [0.717, 1.165) is 17.8 Å². The van der Waals surface area contributed by atoms with Gasteiger partial charge in [0.2, 0.25) is 5.91 Å². The molecule has 1 fully saturated rings. The Bertz CT molecular complexity index is 1010. The van der Waals surface area contributed by atoms with Crippen molar-refractivity contribution in [1.82, 2.24) is 29.8 Å². The van der Waals surface area contributed by atoms with E-state index < -0.39 is 0 Å². The largest absolute Gasteiger partial charge is 0.352 e. The van der Waals surface area contributed by atoms with Gasteiger partial charge in [-0.2, -0.15) is 0 Å². The third-order valence-corrected chi connectivity index (χ3v) is 4.69. The summed E-state index contributed by atoms with van der Waals surface area (Å²) in [6.45, 7) is 3.72. The molecule has 140 valence electrons. The quantitative estimate of drug-likeness (QED) is 0.679. The van der Waals surface area contributed by atoms with Crippen LogP contribution in [-0.4, -0.2) is 43.0 Å². The lowest BCUT2D eigenvalue weighted by molar-refractivity contribution is -0.119. The molecule has 0 radical (unpaired) electrons. The maximum absolute atomic E-state index is 12.3. The molecular formula is C19H22N6O2. The van der Waals surface area contributed by atoms with Crippen LogP contribution in [0.5, 0.6) is 0 Å². The predicted octanol–water partition coefficient (Wildman–Crippen LogP) is 1.01. The fourth-order valence-corrected chi connectivity index (χ4v) is 3.50. The molecule has 0 unspecified atom stereocenters. The van der Waals surface area contributed by atoms with Crippen LogP contribution >= 0.6 is 0 Å². The van der Waals surface area contributed by atoms with Crippen LogP contribution in [0.25, 0.3) is 5.65 Å². The fraction of sp³-hybridized carbons (Fsp3) is 0.368. The second kappa shape index (κ2) is 7.32. The van der Waals surface area contributed by atoms with Gasteiger partial charge in [-0.3, -0.25) is 24.6 Å². The fourth-order valence-electron chi connectivity index (χ4n) is 3.50. The van der Waals surface area contributed by atoms with Gasteiger partial charge in [-0.1, -0.05) is 6.07 Å². The van der Waals surface area contributed by atoms with Crippen molar-refractivity contribution in [2.24, 2.45) is 0 Å². The van der Waals surface area contributed by atoms with E-state index in [2.05, 4.69) is 25.3 Å². The number of aryl methyl sites for hydroxylation is 1. The van der Waals surface area contributed by atoms with Crippen LogP contribution in [0, 0.1) is 6.92 Å². The third-order valence-electron chi connectivity index (χ3n) is 4.69. The Morgan fingerprint density at radius 3 is 2.81 bits per heavy atom. The van der Waals surface area contributed by atoms with E-state index in [1.807, 2.05) is 31.2 Å². The number of aromatic amines is 1. The Morgan fingerprint density at radius 2 is 2.07 bits per heavy atom. The molecule has 1 aliphatic heterocycles. The zero-order valence-electron chi connectivity index (χ0n) is 15.2. The maximum atomic E-state index is 12.3. The van der Waals surface area contributed by atoms with Crippen LogP contribution in [0.1, 0.15) is 29.9 Å². The van der Waals surface area contributed by atoms with Gasteiger partial charge in [0.15, 0.2) is 5.65 Å². The molecular weight excluding hydrogens is 344 g/mol. The molecule has 0 aromatic carbocycles. The summed E-state index contributed by atoms with van der Waals surface area (Å²) in [5, 5.41) is 5.99. The Kier molecular flexibility index (Phi) is 4.72. The van der Waals surface area contributed by atoms with E-state index in [-0.39, 0.29) is 17.5 Å². The van der Waals surface area contributed by atoms with Gasteiger partial charge in [-0.05, 0) is 25.5 Å². The van der Waals surface area contributed by atoms with Crippen LogP contribution < -0.4 is 10.9 Å². The van der Waals surface area contributed by atoms with Crippen LogP contribution in [0.3, 0.4) is 0 Å². The first-order chi connectivity index (χ1) is 13.1. The van der Waals surface area contributed by atoms with E-state index in [1.54, 1.807) is 12.3 Å². The molecule has 27 heavy (non-hydrogen) atoms. The molecule has 0 bridgehead atoms. The number of hydrogen-bond donors (Lipinski definition) is 2. The number of nitrogens with zero attached hydrogens (tertiary/aromatic N) is 4. The molecule has 1 saturated heterocycles. The minimum Gasteiger partial charge on any atom is -0.352 e. The van der Waals surface area contributed by atoms with Gasteiger partial charge in [0.25, 0.3) is 5.56 Å². The molecule has 4 heterocycles. The molecule has 1 atom stereocenters. The highest BCUT2D eigenvalue weighted by molar-refractivity contribution is 5.78. The molecule has 1 amide bonds. The minimum absolute atomic E-state index is 0.0957. The highest BCUT2D eigenvalue weighted by Gasteiger charge is 2.23. The van der Waals surface area contributed by atoms with Crippen molar-refractivity contribution in [3.8, 4) is 0 Å². The van der Waals surface area contributed by atoms with Crippen molar-refractivity contribution < 1.29 is 4.79 Å². The summed E-state index contributed by atoms with van der Waals surface area (Å²) in [6, 6.07) is 9.33. The first kappa shape index (κ1) is 17.4. The zero-order chi connectivity index (χ0) is 18.8. The summed E-state index contributed by atoms with van der Waals surface area (Å²) in [5.74, 6) is 0.0957.